The lowest BCUT2D eigenvalue weighted by Crippen LogP contribution is -2.24. The van der Waals surface area contributed by atoms with Crippen LogP contribution in [0.5, 0.6) is 0 Å². The third-order valence-corrected chi connectivity index (χ3v) is 6.07. The van der Waals surface area contributed by atoms with Gasteiger partial charge in [-0.2, -0.15) is 0 Å². The van der Waals surface area contributed by atoms with Gasteiger partial charge in [0.05, 0.1) is 22.3 Å². The zero-order valence-corrected chi connectivity index (χ0v) is 19.6. The number of rotatable bonds is 9. The number of aryl methyl sites for hydroxylation is 1. The molecular weight excluding hydrogens is 469 g/mol. The van der Waals surface area contributed by atoms with Crippen LogP contribution in [-0.4, -0.2) is 32.3 Å². The lowest BCUT2D eigenvalue weighted by atomic mass is 10.1. The summed E-state index contributed by atoms with van der Waals surface area (Å²) in [7, 11) is 0. The molecule has 0 unspecified atom stereocenters. The number of carbonyl (C=O) groups is 2. The van der Waals surface area contributed by atoms with Crippen molar-refractivity contribution in [2.75, 3.05) is 11.1 Å². The first-order valence-corrected chi connectivity index (χ1v) is 11.4. The van der Waals surface area contributed by atoms with E-state index >= 15 is 0 Å². The first kappa shape index (κ1) is 23.8. The second-order valence-electron chi connectivity index (χ2n) is 6.81. The van der Waals surface area contributed by atoms with Crippen LogP contribution in [0, 0.1) is 6.92 Å². The predicted octanol–water partition coefficient (Wildman–Crippen LogP) is 4.74. The number of halogens is 2. The van der Waals surface area contributed by atoms with Crippen molar-refractivity contribution in [2.24, 2.45) is 0 Å². The van der Waals surface area contributed by atoms with Crippen LogP contribution in [0.2, 0.25) is 10.0 Å². The molecule has 1 heterocycles. The van der Waals surface area contributed by atoms with Gasteiger partial charge in [0.15, 0.2) is 11.0 Å². The van der Waals surface area contributed by atoms with Crippen molar-refractivity contribution in [1.82, 2.24) is 20.1 Å². The second-order valence-corrected chi connectivity index (χ2v) is 8.57. The predicted molar refractivity (Wildman–Crippen MR) is 128 cm³/mol. The van der Waals surface area contributed by atoms with Crippen LogP contribution in [-0.2, 0) is 17.9 Å². The van der Waals surface area contributed by atoms with Crippen molar-refractivity contribution in [3.05, 3.63) is 82.1 Å². The van der Waals surface area contributed by atoms with Gasteiger partial charge in [-0.05, 0) is 37.3 Å². The summed E-state index contributed by atoms with van der Waals surface area (Å²) in [6, 6.07) is 12.2. The lowest BCUT2D eigenvalue weighted by molar-refractivity contribution is -0.113. The van der Waals surface area contributed by atoms with Crippen LogP contribution < -0.4 is 10.6 Å². The topological polar surface area (TPSA) is 88.9 Å². The number of thioether (sulfide) groups is 1. The summed E-state index contributed by atoms with van der Waals surface area (Å²) >= 11 is 13.1. The zero-order chi connectivity index (χ0) is 23.1. The Morgan fingerprint density at radius 3 is 2.56 bits per heavy atom. The molecule has 3 aromatic rings. The number of anilines is 1. The smallest absolute Gasteiger partial charge is 0.251 e. The van der Waals surface area contributed by atoms with E-state index in [0.717, 1.165) is 5.56 Å². The Hall–Kier alpha value is -2.81. The molecule has 0 atom stereocenters. The van der Waals surface area contributed by atoms with Crippen LogP contribution in [0.1, 0.15) is 21.7 Å². The molecule has 1 aromatic heterocycles. The molecule has 2 amide bonds. The number of aromatic nitrogens is 3. The van der Waals surface area contributed by atoms with Crippen LogP contribution >= 0.6 is 35.0 Å². The Labute approximate surface area is 200 Å². The summed E-state index contributed by atoms with van der Waals surface area (Å²) in [6.45, 7) is 6.36. The van der Waals surface area contributed by atoms with Gasteiger partial charge in [-0.1, -0.05) is 58.7 Å². The van der Waals surface area contributed by atoms with Crippen LogP contribution in [0.15, 0.2) is 60.3 Å². The lowest BCUT2D eigenvalue weighted by Gasteiger charge is -2.09. The molecule has 0 bridgehead atoms. The van der Waals surface area contributed by atoms with Gasteiger partial charge in [0.1, 0.15) is 0 Å². The molecule has 0 fully saturated rings. The maximum Gasteiger partial charge on any atom is 0.251 e. The molecule has 0 spiro atoms. The summed E-state index contributed by atoms with van der Waals surface area (Å²) in [5.74, 6) is 0.257. The summed E-state index contributed by atoms with van der Waals surface area (Å²) < 4.78 is 1.81. The van der Waals surface area contributed by atoms with Crippen LogP contribution in [0.4, 0.5) is 5.69 Å². The van der Waals surface area contributed by atoms with E-state index < -0.39 is 0 Å². The van der Waals surface area contributed by atoms with Gasteiger partial charge in [0.2, 0.25) is 5.91 Å². The van der Waals surface area contributed by atoms with E-state index in [4.69, 9.17) is 23.2 Å². The highest BCUT2D eigenvalue weighted by molar-refractivity contribution is 7.99. The molecule has 10 heteroatoms. The zero-order valence-electron chi connectivity index (χ0n) is 17.3. The quantitative estimate of drug-likeness (QED) is 0.334. The molecule has 0 saturated heterocycles. The van der Waals surface area contributed by atoms with Gasteiger partial charge >= 0.3 is 0 Å². The van der Waals surface area contributed by atoms with Gasteiger partial charge in [-0.25, -0.2) is 0 Å². The molecule has 7 nitrogen and oxygen atoms in total. The molecule has 0 saturated carbocycles. The van der Waals surface area contributed by atoms with E-state index in [2.05, 4.69) is 27.4 Å². The molecule has 2 aromatic carbocycles. The van der Waals surface area contributed by atoms with E-state index in [1.807, 2.05) is 19.1 Å². The highest BCUT2D eigenvalue weighted by Crippen LogP contribution is 2.25. The summed E-state index contributed by atoms with van der Waals surface area (Å²) in [4.78, 5) is 24.7. The summed E-state index contributed by atoms with van der Waals surface area (Å²) in [6.07, 6.45) is 1.70. The Bertz CT molecular complexity index is 1130. The molecule has 0 aliphatic heterocycles. The fourth-order valence-electron chi connectivity index (χ4n) is 2.74. The molecule has 32 heavy (non-hydrogen) atoms. The Kier molecular flexibility index (Phi) is 8.33. The normalized spacial score (nSPS) is 10.6. The Morgan fingerprint density at radius 1 is 1.12 bits per heavy atom. The van der Waals surface area contributed by atoms with Crippen molar-refractivity contribution in [2.45, 2.75) is 25.2 Å². The minimum Gasteiger partial charge on any atom is -0.345 e. The molecule has 0 radical (unpaired) electrons. The van der Waals surface area contributed by atoms with E-state index in [9.17, 15) is 9.59 Å². The van der Waals surface area contributed by atoms with Crippen molar-refractivity contribution in [3.8, 4) is 0 Å². The number of hydrogen-bond donors (Lipinski definition) is 2. The van der Waals surface area contributed by atoms with Gasteiger partial charge in [0.25, 0.3) is 5.91 Å². The highest BCUT2D eigenvalue weighted by Gasteiger charge is 2.15. The number of amides is 2. The van der Waals surface area contributed by atoms with Crippen molar-refractivity contribution >= 4 is 52.5 Å². The maximum atomic E-state index is 12.4. The molecule has 2 N–H and O–H groups in total. The fraction of sp³-hybridized carbons (Fsp3) is 0.182. The van der Waals surface area contributed by atoms with Crippen LogP contribution in [0.25, 0.3) is 0 Å². The highest BCUT2D eigenvalue weighted by atomic mass is 35.5. The molecular formula is C22H21Cl2N5O2S. The standard InChI is InChI=1S/C22H21Cl2N5O2S/c1-3-10-29-19(12-25-21(31)15-6-4-14(2)5-7-15)27-28-22(29)32-13-20(30)26-16-8-9-17(23)18(24)11-16/h3-9,11H,1,10,12-13H2,2H3,(H,25,31)(H,26,30). The first-order chi connectivity index (χ1) is 15.4. The minimum atomic E-state index is -0.226. The number of nitrogens with zero attached hydrogens (tertiary/aromatic N) is 3. The maximum absolute atomic E-state index is 12.4. The third-order valence-electron chi connectivity index (χ3n) is 4.36. The van der Waals surface area contributed by atoms with E-state index in [0.29, 0.717) is 38.8 Å². The number of allylic oxidation sites excluding steroid dienone is 1. The van der Waals surface area contributed by atoms with Crippen LogP contribution in [0.3, 0.4) is 0 Å². The molecule has 0 aliphatic rings. The average molecular weight is 490 g/mol. The van der Waals surface area contributed by atoms with Crippen molar-refractivity contribution in [1.29, 1.82) is 0 Å². The number of hydrogen-bond acceptors (Lipinski definition) is 5. The van der Waals surface area contributed by atoms with E-state index in [1.54, 1.807) is 41.0 Å². The monoisotopic (exact) mass is 489 g/mol. The van der Waals surface area contributed by atoms with Gasteiger partial charge in [-0.3, -0.25) is 9.59 Å². The largest absolute Gasteiger partial charge is 0.345 e. The molecule has 3 rings (SSSR count). The summed E-state index contributed by atoms with van der Waals surface area (Å²) in [5.41, 5.74) is 2.20. The van der Waals surface area contributed by atoms with Crippen molar-refractivity contribution in [3.63, 3.8) is 0 Å². The molecule has 166 valence electrons. The Morgan fingerprint density at radius 2 is 1.88 bits per heavy atom. The average Bonchev–Trinajstić information content (AvgIpc) is 3.15. The second kappa shape index (κ2) is 11.2. The SMILES string of the molecule is C=CCn1c(CNC(=O)c2ccc(C)cc2)nnc1SCC(=O)Nc1ccc(Cl)c(Cl)c1. The van der Waals surface area contributed by atoms with E-state index in [-0.39, 0.29) is 24.1 Å². The number of nitrogens with one attached hydrogen (secondary N) is 2. The van der Waals surface area contributed by atoms with E-state index in [1.165, 1.54) is 11.8 Å². The van der Waals surface area contributed by atoms with Gasteiger partial charge < -0.3 is 15.2 Å². The Balaban J connectivity index is 1.60. The summed E-state index contributed by atoms with van der Waals surface area (Å²) in [5, 5.41) is 15.3. The first-order valence-electron chi connectivity index (χ1n) is 9.63. The van der Waals surface area contributed by atoms with Gasteiger partial charge in [0, 0.05) is 17.8 Å². The number of benzene rings is 2. The fourth-order valence-corrected chi connectivity index (χ4v) is 3.80. The van der Waals surface area contributed by atoms with Gasteiger partial charge in [-0.15, -0.1) is 16.8 Å². The molecule has 0 aliphatic carbocycles. The number of carbonyl (C=O) groups excluding carboxylic acids is 2. The minimum absolute atomic E-state index is 0.116. The third kappa shape index (κ3) is 6.35. The van der Waals surface area contributed by atoms with Crippen molar-refractivity contribution < 1.29 is 9.59 Å².